The van der Waals surface area contributed by atoms with E-state index in [1.54, 1.807) is 6.20 Å². The molecule has 0 aliphatic carbocycles. The van der Waals surface area contributed by atoms with Gasteiger partial charge in [0.15, 0.2) is 5.96 Å². The number of hydrogen-bond acceptors (Lipinski definition) is 2. The van der Waals surface area contributed by atoms with E-state index in [1.165, 1.54) is 11.1 Å². The molecule has 156 valence electrons. The minimum Gasteiger partial charge on any atom is -0.357 e. The van der Waals surface area contributed by atoms with Crippen LogP contribution in [0, 0.1) is 0 Å². The van der Waals surface area contributed by atoms with Crippen molar-refractivity contribution in [3.8, 4) is 0 Å². The standard InChI is InChI=1S/C21H27ClN6.HI/c1-4-24-21(27(3)15-20-11-19(22)14-26(20)2)25-12-17-5-7-18(8-6-17)13-28-10-9-23-16-28;/h5-11,14,16H,4,12-13,15H2,1-3H3,(H,24,25);1H. The fourth-order valence-corrected chi connectivity index (χ4v) is 3.29. The lowest BCUT2D eigenvalue weighted by Crippen LogP contribution is -2.38. The molecule has 2 heterocycles. The Labute approximate surface area is 194 Å². The number of benzene rings is 1. The molecule has 0 atom stereocenters. The van der Waals surface area contributed by atoms with Crippen LogP contribution in [0.15, 0.2) is 60.2 Å². The zero-order valence-corrected chi connectivity index (χ0v) is 20.1. The molecule has 0 aliphatic heterocycles. The first-order chi connectivity index (χ1) is 13.5. The lowest BCUT2D eigenvalue weighted by Gasteiger charge is -2.22. The second kappa shape index (κ2) is 11.3. The SMILES string of the molecule is CCNC(=NCc1ccc(Cn2ccnc2)cc1)N(C)Cc1cc(Cl)cn1C.I. The number of guanidine groups is 1. The van der Waals surface area contributed by atoms with Crippen molar-refractivity contribution in [1.82, 2.24) is 24.3 Å². The first-order valence-electron chi connectivity index (χ1n) is 9.39. The molecule has 0 spiro atoms. The molecule has 2 aromatic heterocycles. The zero-order chi connectivity index (χ0) is 19.9. The molecule has 0 saturated carbocycles. The number of aromatic nitrogens is 3. The fourth-order valence-electron chi connectivity index (χ4n) is 3.02. The summed E-state index contributed by atoms with van der Waals surface area (Å²) < 4.78 is 4.10. The molecule has 1 aromatic carbocycles. The van der Waals surface area contributed by atoms with Gasteiger partial charge in [-0.05, 0) is 24.1 Å². The average molecular weight is 527 g/mol. The van der Waals surface area contributed by atoms with Crippen LogP contribution >= 0.6 is 35.6 Å². The van der Waals surface area contributed by atoms with Crippen LogP contribution in [0.25, 0.3) is 0 Å². The lowest BCUT2D eigenvalue weighted by atomic mass is 10.1. The molecule has 0 bridgehead atoms. The van der Waals surface area contributed by atoms with E-state index in [0.717, 1.165) is 36.3 Å². The smallest absolute Gasteiger partial charge is 0.194 e. The van der Waals surface area contributed by atoms with Gasteiger partial charge in [-0.25, -0.2) is 9.98 Å². The number of nitrogens with one attached hydrogen (secondary N) is 1. The van der Waals surface area contributed by atoms with Crippen LogP contribution in [0.3, 0.4) is 0 Å². The summed E-state index contributed by atoms with van der Waals surface area (Å²) >= 11 is 6.10. The van der Waals surface area contributed by atoms with Crippen molar-refractivity contribution < 1.29 is 0 Å². The monoisotopic (exact) mass is 526 g/mol. The third-order valence-electron chi connectivity index (χ3n) is 4.53. The van der Waals surface area contributed by atoms with Gasteiger partial charge in [-0.15, -0.1) is 24.0 Å². The van der Waals surface area contributed by atoms with E-state index in [-0.39, 0.29) is 24.0 Å². The van der Waals surface area contributed by atoms with Gasteiger partial charge < -0.3 is 19.4 Å². The quantitative estimate of drug-likeness (QED) is 0.286. The molecule has 0 saturated heterocycles. The summed E-state index contributed by atoms with van der Waals surface area (Å²) in [4.78, 5) is 11.0. The fraction of sp³-hybridized carbons (Fsp3) is 0.333. The minimum atomic E-state index is 0. The minimum absolute atomic E-state index is 0. The van der Waals surface area contributed by atoms with Crippen LogP contribution in [0.4, 0.5) is 0 Å². The van der Waals surface area contributed by atoms with Crippen LogP contribution in [0.1, 0.15) is 23.7 Å². The van der Waals surface area contributed by atoms with Crippen molar-refractivity contribution in [2.75, 3.05) is 13.6 Å². The van der Waals surface area contributed by atoms with Gasteiger partial charge in [0, 0.05) is 51.5 Å². The van der Waals surface area contributed by atoms with Crippen molar-refractivity contribution in [3.05, 3.63) is 77.1 Å². The van der Waals surface area contributed by atoms with E-state index in [9.17, 15) is 0 Å². The summed E-state index contributed by atoms with van der Waals surface area (Å²) in [5.41, 5.74) is 3.57. The largest absolute Gasteiger partial charge is 0.357 e. The maximum Gasteiger partial charge on any atom is 0.194 e. The first-order valence-corrected chi connectivity index (χ1v) is 9.76. The summed E-state index contributed by atoms with van der Waals surface area (Å²) in [7, 11) is 4.04. The van der Waals surface area contributed by atoms with Crippen molar-refractivity contribution >= 4 is 41.5 Å². The highest BCUT2D eigenvalue weighted by atomic mass is 127. The maximum absolute atomic E-state index is 6.10. The normalized spacial score (nSPS) is 11.2. The van der Waals surface area contributed by atoms with Crippen LogP contribution in [0.5, 0.6) is 0 Å². The Morgan fingerprint density at radius 1 is 1.24 bits per heavy atom. The number of nitrogens with zero attached hydrogens (tertiary/aromatic N) is 5. The molecule has 0 radical (unpaired) electrons. The highest BCUT2D eigenvalue weighted by Gasteiger charge is 2.09. The topological polar surface area (TPSA) is 50.4 Å². The van der Waals surface area contributed by atoms with E-state index in [4.69, 9.17) is 16.6 Å². The van der Waals surface area contributed by atoms with Gasteiger partial charge in [-0.3, -0.25) is 0 Å². The van der Waals surface area contributed by atoms with Gasteiger partial charge >= 0.3 is 0 Å². The third kappa shape index (κ3) is 6.78. The van der Waals surface area contributed by atoms with E-state index >= 15 is 0 Å². The molecule has 8 heteroatoms. The summed E-state index contributed by atoms with van der Waals surface area (Å²) in [6.45, 7) is 5.09. The Kier molecular flexibility index (Phi) is 9.03. The van der Waals surface area contributed by atoms with Gasteiger partial charge in [0.05, 0.1) is 24.4 Å². The number of halogens is 2. The Balaban J connectivity index is 0.00000300. The van der Waals surface area contributed by atoms with E-state index in [1.807, 2.05) is 43.4 Å². The number of aryl methyl sites for hydroxylation is 1. The first kappa shape index (κ1) is 23.3. The molecule has 0 aliphatic rings. The Bertz CT molecular complexity index is 902. The molecule has 0 fully saturated rings. The Morgan fingerprint density at radius 2 is 1.97 bits per heavy atom. The van der Waals surface area contributed by atoms with Gasteiger partial charge in [0.25, 0.3) is 0 Å². The zero-order valence-electron chi connectivity index (χ0n) is 17.0. The summed E-state index contributed by atoms with van der Waals surface area (Å²) in [6, 6.07) is 10.5. The molecule has 0 unspecified atom stereocenters. The maximum atomic E-state index is 6.10. The molecule has 29 heavy (non-hydrogen) atoms. The molecular formula is C21H28ClIN6. The summed E-state index contributed by atoms with van der Waals surface area (Å²) in [5, 5.41) is 4.12. The predicted octanol–water partition coefficient (Wildman–Crippen LogP) is 4.14. The van der Waals surface area contributed by atoms with Gasteiger partial charge in [-0.2, -0.15) is 0 Å². The van der Waals surface area contributed by atoms with Crippen molar-refractivity contribution in [3.63, 3.8) is 0 Å². The second-order valence-corrected chi connectivity index (χ2v) is 7.27. The Hall–Kier alpha value is -2.00. The predicted molar refractivity (Wildman–Crippen MR) is 130 cm³/mol. The third-order valence-corrected chi connectivity index (χ3v) is 4.74. The van der Waals surface area contributed by atoms with Crippen LogP contribution in [0.2, 0.25) is 5.02 Å². The number of hydrogen-bond donors (Lipinski definition) is 1. The van der Waals surface area contributed by atoms with E-state index in [2.05, 4.69) is 51.0 Å². The van der Waals surface area contributed by atoms with E-state index in [0.29, 0.717) is 6.54 Å². The lowest BCUT2D eigenvalue weighted by molar-refractivity contribution is 0.462. The second-order valence-electron chi connectivity index (χ2n) is 6.84. The van der Waals surface area contributed by atoms with Crippen LogP contribution < -0.4 is 5.32 Å². The van der Waals surface area contributed by atoms with Gasteiger partial charge in [-0.1, -0.05) is 35.9 Å². The summed E-state index contributed by atoms with van der Waals surface area (Å²) in [5.74, 6) is 0.877. The van der Waals surface area contributed by atoms with Crippen LogP contribution in [-0.4, -0.2) is 38.6 Å². The molecule has 6 nitrogen and oxygen atoms in total. The average Bonchev–Trinajstić information content (AvgIpc) is 3.29. The molecular weight excluding hydrogens is 499 g/mol. The molecule has 3 rings (SSSR count). The number of imidazole rings is 1. The van der Waals surface area contributed by atoms with Crippen molar-refractivity contribution in [1.29, 1.82) is 0 Å². The molecule has 3 aromatic rings. The highest BCUT2D eigenvalue weighted by molar-refractivity contribution is 14.0. The number of rotatable bonds is 7. The van der Waals surface area contributed by atoms with Gasteiger partial charge in [0.1, 0.15) is 0 Å². The Morgan fingerprint density at radius 3 is 2.55 bits per heavy atom. The highest BCUT2D eigenvalue weighted by Crippen LogP contribution is 2.14. The molecule has 0 amide bonds. The van der Waals surface area contributed by atoms with Crippen molar-refractivity contribution in [2.24, 2.45) is 12.0 Å². The molecule has 1 N–H and O–H groups in total. The van der Waals surface area contributed by atoms with Crippen LogP contribution in [-0.2, 0) is 26.7 Å². The van der Waals surface area contributed by atoms with Crippen molar-refractivity contribution in [2.45, 2.75) is 26.6 Å². The van der Waals surface area contributed by atoms with Gasteiger partial charge in [0.2, 0.25) is 0 Å². The number of aliphatic imine (C=N–C) groups is 1. The van der Waals surface area contributed by atoms with E-state index < -0.39 is 0 Å². The summed E-state index contributed by atoms with van der Waals surface area (Å²) in [6.07, 6.45) is 7.51.